The van der Waals surface area contributed by atoms with Gasteiger partial charge in [-0.05, 0) is 60.0 Å². The molecule has 2 amide bonds. The smallest absolute Gasteiger partial charge is 0.405 e. The van der Waals surface area contributed by atoms with Crippen LogP contribution in [-0.2, 0) is 4.74 Å². The molecule has 9 nitrogen and oxygen atoms in total. The minimum absolute atomic E-state index is 0.145. The highest BCUT2D eigenvalue weighted by Crippen LogP contribution is 2.50. The fourth-order valence-corrected chi connectivity index (χ4v) is 4.88. The van der Waals surface area contributed by atoms with Crippen molar-refractivity contribution in [1.82, 2.24) is 10.3 Å². The second kappa shape index (κ2) is 10.1. The zero-order valence-corrected chi connectivity index (χ0v) is 21.4. The largest absolute Gasteiger partial charge is 0.493 e. The van der Waals surface area contributed by atoms with Crippen LogP contribution in [0.2, 0.25) is 0 Å². The number of hydrogen-bond donors (Lipinski definition) is 2. The molecule has 1 saturated carbocycles. The molecular weight excluding hydrogens is 486 g/mol. The molecule has 2 unspecified atom stereocenters. The minimum atomic E-state index is -0.808. The first-order valence-corrected chi connectivity index (χ1v) is 12.4. The summed E-state index contributed by atoms with van der Waals surface area (Å²) in [6.45, 7) is 2.21. The first-order valence-electron chi connectivity index (χ1n) is 12.4. The summed E-state index contributed by atoms with van der Waals surface area (Å²) in [6.07, 6.45) is 2.41. The Morgan fingerprint density at radius 3 is 2.63 bits per heavy atom. The molecule has 9 heteroatoms. The SMILES string of the molecule is CCC1CC1(COc1cc2nccc(Oc3ccc4c(C(=O)NC)cccc4c3)c2cc1OC)OC(N)=O. The molecule has 38 heavy (non-hydrogen) atoms. The average molecular weight is 516 g/mol. The van der Waals surface area contributed by atoms with Gasteiger partial charge in [-0.15, -0.1) is 0 Å². The van der Waals surface area contributed by atoms with Gasteiger partial charge in [-0.3, -0.25) is 9.78 Å². The summed E-state index contributed by atoms with van der Waals surface area (Å²) >= 11 is 0. The van der Waals surface area contributed by atoms with Crippen molar-refractivity contribution < 1.29 is 28.5 Å². The van der Waals surface area contributed by atoms with Gasteiger partial charge in [-0.25, -0.2) is 4.79 Å². The van der Waals surface area contributed by atoms with Crippen molar-refractivity contribution in [3.05, 3.63) is 66.4 Å². The summed E-state index contributed by atoms with van der Waals surface area (Å²) in [4.78, 5) is 28.1. The number of nitrogens with two attached hydrogens (primary N) is 1. The summed E-state index contributed by atoms with van der Waals surface area (Å²) < 4.78 is 23.3. The number of nitrogens with zero attached hydrogens (tertiary/aromatic N) is 1. The van der Waals surface area contributed by atoms with Gasteiger partial charge in [-0.1, -0.05) is 19.1 Å². The van der Waals surface area contributed by atoms with Crippen LogP contribution >= 0.6 is 0 Å². The molecule has 2 atom stereocenters. The molecular formula is C29H29N3O6. The first-order chi connectivity index (χ1) is 18.4. The molecule has 0 bridgehead atoms. The maximum atomic E-state index is 12.2. The van der Waals surface area contributed by atoms with Crippen LogP contribution in [0.3, 0.4) is 0 Å². The van der Waals surface area contributed by atoms with Gasteiger partial charge in [0.05, 0.1) is 12.6 Å². The Bertz CT molecular complexity index is 1540. The van der Waals surface area contributed by atoms with Crippen LogP contribution in [0.4, 0.5) is 4.79 Å². The third-order valence-corrected chi connectivity index (χ3v) is 6.98. The second-order valence-corrected chi connectivity index (χ2v) is 9.28. The number of primary amides is 1. The molecule has 0 aliphatic heterocycles. The molecule has 1 fully saturated rings. The molecule has 3 aromatic carbocycles. The van der Waals surface area contributed by atoms with Crippen molar-refractivity contribution in [3.8, 4) is 23.0 Å². The number of carbonyl (C=O) groups excluding carboxylic acids is 2. The van der Waals surface area contributed by atoms with Crippen LogP contribution in [0.1, 0.15) is 30.1 Å². The maximum Gasteiger partial charge on any atom is 0.405 e. The number of aromatic nitrogens is 1. The third kappa shape index (κ3) is 4.74. The van der Waals surface area contributed by atoms with Gasteiger partial charge >= 0.3 is 6.09 Å². The van der Waals surface area contributed by atoms with Crippen molar-refractivity contribution in [1.29, 1.82) is 0 Å². The van der Waals surface area contributed by atoms with Crippen molar-refractivity contribution >= 4 is 33.7 Å². The van der Waals surface area contributed by atoms with Gasteiger partial charge in [0.15, 0.2) is 17.1 Å². The van der Waals surface area contributed by atoms with E-state index in [2.05, 4.69) is 10.3 Å². The van der Waals surface area contributed by atoms with E-state index < -0.39 is 11.7 Å². The van der Waals surface area contributed by atoms with Crippen molar-refractivity contribution in [2.75, 3.05) is 20.8 Å². The normalized spacial score (nSPS) is 18.1. The molecule has 1 aliphatic carbocycles. The number of benzene rings is 3. The Hall–Kier alpha value is -4.53. The van der Waals surface area contributed by atoms with Crippen molar-refractivity contribution in [2.45, 2.75) is 25.4 Å². The van der Waals surface area contributed by atoms with E-state index in [0.717, 1.165) is 22.6 Å². The van der Waals surface area contributed by atoms with E-state index >= 15 is 0 Å². The lowest BCUT2D eigenvalue weighted by Crippen LogP contribution is -2.32. The van der Waals surface area contributed by atoms with Gasteiger partial charge in [0.25, 0.3) is 5.91 Å². The molecule has 3 N–H and O–H groups in total. The van der Waals surface area contributed by atoms with E-state index in [4.69, 9.17) is 24.7 Å². The van der Waals surface area contributed by atoms with Crippen LogP contribution in [-0.4, -0.2) is 43.3 Å². The Labute approximate surface area is 219 Å². The van der Waals surface area contributed by atoms with Gasteiger partial charge in [0.1, 0.15) is 18.1 Å². The molecule has 0 spiro atoms. The first kappa shape index (κ1) is 25.1. The average Bonchev–Trinajstić information content (AvgIpc) is 3.62. The second-order valence-electron chi connectivity index (χ2n) is 9.28. The lowest BCUT2D eigenvalue weighted by molar-refractivity contribution is 0.0422. The highest BCUT2D eigenvalue weighted by atomic mass is 16.6. The minimum Gasteiger partial charge on any atom is -0.493 e. The van der Waals surface area contributed by atoms with E-state index in [1.165, 1.54) is 0 Å². The third-order valence-electron chi connectivity index (χ3n) is 6.98. The lowest BCUT2D eigenvalue weighted by atomic mass is 10.0. The Morgan fingerprint density at radius 1 is 1.08 bits per heavy atom. The van der Waals surface area contributed by atoms with E-state index in [-0.39, 0.29) is 18.4 Å². The highest BCUT2D eigenvalue weighted by molar-refractivity contribution is 6.07. The number of methoxy groups -OCH3 is 1. The van der Waals surface area contributed by atoms with E-state index in [0.29, 0.717) is 40.5 Å². The lowest BCUT2D eigenvalue weighted by Gasteiger charge is -2.19. The predicted molar refractivity (Wildman–Crippen MR) is 143 cm³/mol. The van der Waals surface area contributed by atoms with Gasteiger partial charge in [0, 0.05) is 36.2 Å². The number of carbonyl (C=O) groups is 2. The van der Waals surface area contributed by atoms with Gasteiger partial charge < -0.3 is 30.0 Å². The molecule has 4 aromatic rings. The molecule has 5 rings (SSSR count). The fourth-order valence-electron chi connectivity index (χ4n) is 4.88. The number of hydrogen-bond acceptors (Lipinski definition) is 7. The summed E-state index contributed by atoms with van der Waals surface area (Å²) in [5, 5.41) is 5.12. The summed E-state index contributed by atoms with van der Waals surface area (Å²) in [5.41, 5.74) is 5.82. The maximum absolute atomic E-state index is 12.2. The Morgan fingerprint density at radius 2 is 1.92 bits per heavy atom. The number of pyridine rings is 1. The monoisotopic (exact) mass is 515 g/mol. The molecule has 1 heterocycles. The van der Waals surface area contributed by atoms with Gasteiger partial charge in [-0.2, -0.15) is 0 Å². The van der Waals surface area contributed by atoms with Crippen molar-refractivity contribution in [3.63, 3.8) is 0 Å². The zero-order chi connectivity index (χ0) is 26.9. The van der Waals surface area contributed by atoms with E-state index in [1.54, 1.807) is 38.6 Å². The topological polar surface area (TPSA) is 122 Å². The van der Waals surface area contributed by atoms with Crippen LogP contribution < -0.4 is 25.3 Å². The molecule has 0 radical (unpaired) electrons. The van der Waals surface area contributed by atoms with Crippen LogP contribution in [0.5, 0.6) is 23.0 Å². The summed E-state index contributed by atoms with van der Waals surface area (Å²) in [5.74, 6) is 2.23. The molecule has 196 valence electrons. The summed E-state index contributed by atoms with van der Waals surface area (Å²) in [6, 6.07) is 16.5. The molecule has 1 aliphatic rings. The van der Waals surface area contributed by atoms with Crippen molar-refractivity contribution in [2.24, 2.45) is 11.7 Å². The molecule has 0 saturated heterocycles. The van der Waals surface area contributed by atoms with E-state index in [1.807, 2.05) is 43.3 Å². The zero-order valence-electron chi connectivity index (χ0n) is 21.4. The fraction of sp³-hybridized carbons (Fsp3) is 0.276. The number of rotatable bonds is 9. The van der Waals surface area contributed by atoms with Crippen LogP contribution in [0.15, 0.2) is 60.8 Å². The Kier molecular flexibility index (Phi) is 6.67. The number of amides is 2. The van der Waals surface area contributed by atoms with Crippen LogP contribution in [0, 0.1) is 5.92 Å². The summed E-state index contributed by atoms with van der Waals surface area (Å²) in [7, 11) is 3.17. The number of nitrogens with one attached hydrogen (secondary N) is 1. The highest BCUT2D eigenvalue weighted by Gasteiger charge is 2.57. The predicted octanol–water partition coefficient (Wildman–Crippen LogP) is 5.19. The Balaban J connectivity index is 1.43. The molecule has 1 aromatic heterocycles. The van der Waals surface area contributed by atoms with Gasteiger partial charge in [0.2, 0.25) is 0 Å². The van der Waals surface area contributed by atoms with E-state index in [9.17, 15) is 9.59 Å². The standard InChI is InChI=1S/C29H29N3O6/c1-4-18-15-29(18,38-28(30)34)16-36-26-14-23-22(13-25(26)35-3)24(10-11-32-23)37-19-8-9-20-17(12-19)6-5-7-21(20)27(33)31-2/h5-14,18H,4,15-16H2,1-3H3,(H2,30,34)(H,31,33). The number of fused-ring (bicyclic) bond motifs is 2. The quantitative estimate of drug-likeness (QED) is 0.314. The van der Waals surface area contributed by atoms with Crippen LogP contribution in [0.25, 0.3) is 21.7 Å². The number of ether oxygens (including phenoxy) is 4.